The Morgan fingerprint density at radius 1 is 1.09 bits per heavy atom. The zero-order valence-electron chi connectivity index (χ0n) is 12.8. The molecule has 0 fully saturated rings. The van der Waals surface area contributed by atoms with Crippen molar-refractivity contribution in [2.24, 2.45) is 0 Å². The molecule has 1 aromatic heterocycles. The summed E-state index contributed by atoms with van der Waals surface area (Å²) in [5, 5.41) is 21.4. The third-order valence-electron chi connectivity index (χ3n) is 3.46. The standard InChI is InChI=1S/C18H15FN4/c1-11(2)21-18-15-7-6-13(12-4-3-5-14(19)8-12)9-16(15)22-23-17(18)10-20/h3-9,11H,1-2H3,(H,21,22). The first kappa shape index (κ1) is 14.9. The average Bonchev–Trinajstić information content (AvgIpc) is 2.54. The summed E-state index contributed by atoms with van der Waals surface area (Å²) >= 11 is 0. The van der Waals surface area contributed by atoms with Crippen molar-refractivity contribution in [2.45, 2.75) is 19.9 Å². The number of benzene rings is 2. The second kappa shape index (κ2) is 6.01. The lowest BCUT2D eigenvalue weighted by molar-refractivity contribution is 0.628. The van der Waals surface area contributed by atoms with Gasteiger partial charge in [0, 0.05) is 11.4 Å². The summed E-state index contributed by atoms with van der Waals surface area (Å²) in [6.07, 6.45) is 0. The van der Waals surface area contributed by atoms with Gasteiger partial charge in [0.2, 0.25) is 0 Å². The van der Waals surface area contributed by atoms with Crippen LogP contribution in [0.5, 0.6) is 0 Å². The maximum atomic E-state index is 13.4. The first-order chi connectivity index (χ1) is 11.1. The molecule has 0 saturated carbocycles. The van der Waals surface area contributed by atoms with Crippen LogP contribution in [0.4, 0.5) is 10.1 Å². The van der Waals surface area contributed by atoms with Crippen molar-refractivity contribution < 1.29 is 4.39 Å². The van der Waals surface area contributed by atoms with Crippen LogP contribution >= 0.6 is 0 Å². The molecule has 5 heteroatoms. The molecular weight excluding hydrogens is 291 g/mol. The highest BCUT2D eigenvalue weighted by Crippen LogP contribution is 2.29. The van der Waals surface area contributed by atoms with Gasteiger partial charge in [-0.2, -0.15) is 5.26 Å². The molecule has 0 amide bonds. The number of anilines is 1. The highest BCUT2D eigenvalue weighted by molar-refractivity contribution is 5.95. The summed E-state index contributed by atoms with van der Waals surface area (Å²) in [6.45, 7) is 3.99. The third kappa shape index (κ3) is 2.97. The molecule has 0 aliphatic rings. The van der Waals surface area contributed by atoms with Gasteiger partial charge in [0.15, 0.2) is 5.69 Å². The molecule has 4 nitrogen and oxygen atoms in total. The topological polar surface area (TPSA) is 61.6 Å². The Labute approximate surface area is 133 Å². The summed E-state index contributed by atoms with van der Waals surface area (Å²) in [6, 6.07) is 14.3. The number of rotatable bonds is 3. The van der Waals surface area contributed by atoms with E-state index in [0.717, 1.165) is 16.5 Å². The van der Waals surface area contributed by atoms with Gasteiger partial charge in [0.25, 0.3) is 0 Å². The van der Waals surface area contributed by atoms with E-state index in [1.54, 1.807) is 6.07 Å². The van der Waals surface area contributed by atoms with Gasteiger partial charge in [-0.05, 0) is 49.2 Å². The normalized spacial score (nSPS) is 10.7. The van der Waals surface area contributed by atoms with Crippen molar-refractivity contribution in [3.05, 3.63) is 54.0 Å². The number of nitrogens with zero attached hydrogens (tertiary/aromatic N) is 3. The lowest BCUT2D eigenvalue weighted by atomic mass is 10.0. The predicted octanol–water partition coefficient (Wildman–Crippen LogP) is 4.13. The molecule has 0 aliphatic carbocycles. The van der Waals surface area contributed by atoms with E-state index in [-0.39, 0.29) is 17.6 Å². The lowest BCUT2D eigenvalue weighted by Gasteiger charge is -2.13. The smallest absolute Gasteiger partial charge is 0.186 e. The van der Waals surface area contributed by atoms with E-state index in [4.69, 9.17) is 0 Å². The highest BCUT2D eigenvalue weighted by Gasteiger charge is 2.12. The zero-order valence-corrected chi connectivity index (χ0v) is 12.8. The van der Waals surface area contributed by atoms with Crippen molar-refractivity contribution in [1.82, 2.24) is 10.2 Å². The fourth-order valence-electron chi connectivity index (χ4n) is 2.47. The molecule has 0 radical (unpaired) electrons. The second-order valence-corrected chi connectivity index (χ2v) is 5.58. The van der Waals surface area contributed by atoms with Crippen molar-refractivity contribution in [1.29, 1.82) is 5.26 Å². The van der Waals surface area contributed by atoms with Crippen molar-refractivity contribution >= 4 is 16.6 Å². The SMILES string of the molecule is CC(C)Nc1c(C#N)nnc2cc(-c3cccc(F)c3)ccc12. The lowest BCUT2D eigenvalue weighted by Crippen LogP contribution is -2.12. The summed E-state index contributed by atoms with van der Waals surface area (Å²) in [4.78, 5) is 0. The minimum absolute atomic E-state index is 0.164. The Hall–Kier alpha value is -3.00. The molecule has 2 aromatic carbocycles. The Morgan fingerprint density at radius 3 is 2.57 bits per heavy atom. The Kier molecular flexibility index (Phi) is 3.90. The predicted molar refractivity (Wildman–Crippen MR) is 88.4 cm³/mol. The monoisotopic (exact) mass is 306 g/mol. The van der Waals surface area contributed by atoms with E-state index in [2.05, 4.69) is 21.6 Å². The third-order valence-corrected chi connectivity index (χ3v) is 3.46. The summed E-state index contributed by atoms with van der Waals surface area (Å²) in [7, 11) is 0. The Balaban J connectivity index is 2.17. The zero-order chi connectivity index (χ0) is 16.4. The number of nitrogens with one attached hydrogen (secondary N) is 1. The van der Waals surface area contributed by atoms with Crippen LogP contribution in [-0.2, 0) is 0 Å². The molecule has 0 atom stereocenters. The molecule has 0 unspecified atom stereocenters. The van der Waals surface area contributed by atoms with Gasteiger partial charge in [0.05, 0.1) is 11.2 Å². The summed E-state index contributed by atoms with van der Waals surface area (Å²) in [5.74, 6) is -0.282. The van der Waals surface area contributed by atoms with E-state index in [1.807, 2.05) is 38.1 Å². The van der Waals surface area contributed by atoms with Crippen LogP contribution < -0.4 is 5.32 Å². The minimum Gasteiger partial charge on any atom is -0.380 e. The van der Waals surface area contributed by atoms with Crippen molar-refractivity contribution in [3.8, 4) is 17.2 Å². The number of aromatic nitrogens is 2. The van der Waals surface area contributed by atoms with Crippen LogP contribution in [0.3, 0.4) is 0 Å². The number of fused-ring (bicyclic) bond motifs is 1. The fraction of sp³-hybridized carbons (Fsp3) is 0.167. The van der Waals surface area contributed by atoms with Crippen molar-refractivity contribution in [2.75, 3.05) is 5.32 Å². The maximum absolute atomic E-state index is 13.4. The van der Waals surface area contributed by atoms with E-state index in [1.165, 1.54) is 12.1 Å². The van der Waals surface area contributed by atoms with Crippen LogP contribution in [0.2, 0.25) is 0 Å². The van der Waals surface area contributed by atoms with E-state index >= 15 is 0 Å². The fourth-order valence-corrected chi connectivity index (χ4v) is 2.47. The largest absolute Gasteiger partial charge is 0.380 e. The van der Waals surface area contributed by atoms with Crippen molar-refractivity contribution in [3.63, 3.8) is 0 Å². The van der Waals surface area contributed by atoms with Gasteiger partial charge in [-0.3, -0.25) is 0 Å². The van der Waals surface area contributed by atoms with Gasteiger partial charge in [-0.15, -0.1) is 10.2 Å². The number of hydrogen-bond donors (Lipinski definition) is 1. The first-order valence-corrected chi connectivity index (χ1v) is 7.31. The second-order valence-electron chi connectivity index (χ2n) is 5.58. The molecule has 3 rings (SSSR count). The number of nitriles is 1. The van der Waals surface area contributed by atoms with E-state index in [9.17, 15) is 9.65 Å². The van der Waals surface area contributed by atoms with Gasteiger partial charge >= 0.3 is 0 Å². The van der Waals surface area contributed by atoms with Crippen LogP contribution in [0.25, 0.3) is 22.0 Å². The molecule has 1 N–H and O–H groups in total. The molecule has 3 aromatic rings. The van der Waals surface area contributed by atoms with Gasteiger partial charge in [-0.1, -0.05) is 18.2 Å². The van der Waals surface area contributed by atoms with Gasteiger partial charge < -0.3 is 5.32 Å². The van der Waals surface area contributed by atoms with Crippen LogP contribution in [0, 0.1) is 17.1 Å². The first-order valence-electron chi connectivity index (χ1n) is 7.31. The van der Waals surface area contributed by atoms with Crippen LogP contribution in [0.15, 0.2) is 42.5 Å². The van der Waals surface area contributed by atoms with Crippen LogP contribution in [-0.4, -0.2) is 16.2 Å². The molecule has 23 heavy (non-hydrogen) atoms. The minimum atomic E-state index is -0.282. The quantitative estimate of drug-likeness (QED) is 0.790. The molecule has 0 aliphatic heterocycles. The van der Waals surface area contributed by atoms with E-state index in [0.29, 0.717) is 11.2 Å². The number of halogens is 1. The van der Waals surface area contributed by atoms with Gasteiger partial charge in [-0.25, -0.2) is 4.39 Å². The molecule has 0 spiro atoms. The van der Waals surface area contributed by atoms with E-state index < -0.39 is 0 Å². The Morgan fingerprint density at radius 2 is 1.87 bits per heavy atom. The molecule has 0 saturated heterocycles. The molecule has 114 valence electrons. The number of hydrogen-bond acceptors (Lipinski definition) is 4. The Bertz CT molecular complexity index is 913. The molecular formula is C18H15FN4. The summed E-state index contributed by atoms with van der Waals surface area (Å²) in [5.41, 5.74) is 3.24. The van der Waals surface area contributed by atoms with Gasteiger partial charge in [0.1, 0.15) is 11.9 Å². The highest BCUT2D eigenvalue weighted by atomic mass is 19.1. The molecule has 0 bridgehead atoms. The maximum Gasteiger partial charge on any atom is 0.186 e. The average molecular weight is 306 g/mol. The van der Waals surface area contributed by atoms with Crippen LogP contribution in [0.1, 0.15) is 19.5 Å². The summed E-state index contributed by atoms with van der Waals surface area (Å²) < 4.78 is 13.4. The molecule has 1 heterocycles.